The molecule has 0 aliphatic carbocycles. The number of hydrogen-bond acceptors (Lipinski definition) is 0. The van der Waals surface area contributed by atoms with Crippen LogP contribution in [0.1, 0.15) is 0 Å². The largest absolute Gasteiger partial charge is 0.0616 e. The molecule has 0 aromatic heterocycles. The van der Waals surface area contributed by atoms with Crippen molar-refractivity contribution < 1.29 is 0 Å². The molecule has 0 radical (unpaired) electrons. The van der Waals surface area contributed by atoms with Crippen molar-refractivity contribution in [3.63, 3.8) is 0 Å². The third kappa shape index (κ3) is 5.30. The Labute approximate surface area is 336 Å². The molecule has 268 valence electrons. The van der Waals surface area contributed by atoms with E-state index in [-0.39, 0.29) is 0 Å². The quantitative estimate of drug-likeness (QED) is 0.158. The van der Waals surface area contributed by atoms with Gasteiger partial charge in [0, 0.05) is 0 Å². The van der Waals surface area contributed by atoms with Crippen LogP contribution in [-0.2, 0) is 0 Å². The summed E-state index contributed by atoms with van der Waals surface area (Å²) in [6.45, 7) is 0. The van der Waals surface area contributed by atoms with E-state index >= 15 is 0 Å². The highest BCUT2D eigenvalue weighted by molar-refractivity contribution is 6.26. The number of rotatable bonds is 4. The Bertz CT molecular complexity index is 3600. The first-order valence-corrected chi connectivity index (χ1v) is 20.1. The van der Waals surface area contributed by atoms with Crippen molar-refractivity contribution in [3.8, 4) is 44.5 Å². The molecule has 0 heterocycles. The van der Waals surface area contributed by atoms with E-state index < -0.39 is 0 Å². The lowest BCUT2D eigenvalue weighted by Crippen LogP contribution is -1.89. The second kappa shape index (κ2) is 13.0. The van der Waals surface area contributed by atoms with Crippen LogP contribution in [0, 0.1) is 0 Å². The Morgan fingerprint density at radius 3 is 1.12 bits per heavy atom. The van der Waals surface area contributed by atoms with Crippen molar-refractivity contribution in [2.45, 2.75) is 0 Å². The molecule has 0 amide bonds. The van der Waals surface area contributed by atoms with Gasteiger partial charge in [-0.15, -0.1) is 0 Å². The topological polar surface area (TPSA) is 0 Å². The van der Waals surface area contributed by atoms with Crippen molar-refractivity contribution >= 4 is 75.4 Å². The summed E-state index contributed by atoms with van der Waals surface area (Å²) < 4.78 is 0. The summed E-state index contributed by atoms with van der Waals surface area (Å²) in [6.07, 6.45) is 0. The minimum Gasteiger partial charge on any atom is -0.0616 e. The highest BCUT2D eigenvalue weighted by Gasteiger charge is 2.15. The fraction of sp³-hybridized carbons (Fsp3) is 0. The van der Waals surface area contributed by atoms with Gasteiger partial charge in [-0.05, 0) is 162 Å². The Morgan fingerprint density at radius 2 is 0.534 bits per heavy atom. The SMILES string of the molecule is c1cc(-c2ccc3ccccc3c2)cc(-c2ccc3c4ccc(-c5cc6ccc(-c7ccc8ccccc8c7)cc6c6ccccc56)cc4c4ccccc4c3c2)c1. The maximum Gasteiger partial charge on any atom is -0.00928 e. The van der Waals surface area contributed by atoms with E-state index in [1.54, 1.807) is 0 Å². The van der Waals surface area contributed by atoms with Gasteiger partial charge in [0.15, 0.2) is 0 Å². The second-order valence-electron chi connectivity index (χ2n) is 15.7. The number of fused-ring (bicyclic) bond motifs is 11. The van der Waals surface area contributed by atoms with Crippen LogP contribution in [0.15, 0.2) is 218 Å². The van der Waals surface area contributed by atoms with Crippen LogP contribution in [0.2, 0.25) is 0 Å². The predicted molar refractivity (Wildman–Crippen MR) is 251 cm³/mol. The maximum absolute atomic E-state index is 2.43. The maximum atomic E-state index is 2.43. The monoisotopic (exact) mass is 732 g/mol. The zero-order valence-corrected chi connectivity index (χ0v) is 31.8. The van der Waals surface area contributed by atoms with E-state index in [9.17, 15) is 0 Å². The molecule has 0 bridgehead atoms. The molecule has 0 atom stereocenters. The first-order chi connectivity index (χ1) is 28.7. The van der Waals surface area contributed by atoms with Gasteiger partial charge in [0.05, 0.1) is 0 Å². The van der Waals surface area contributed by atoms with Crippen LogP contribution < -0.4 is 0 Å². The third-order valence-corrected chi connectivity index (χ3v) is 12.4. The summed E-state index contributed by atoms with van der Waals surface area (Å²) in [5.74, 6) is 0. The highest BCUT2D eigenvalue weighted by atomic mass is 14.2. The van der Waals surface area contributed by atoms with Gasteiger partial charge in [0.25, 0.3) is 0 Å². The van der Waals surface area contributed by atoms with Crippen molar-refractivity contribution in [1.29, 1.82) is 0 Å². The van der Waals surface area contributed by atoms with Crippen molar-refractivity contribution in [2.75, 3.05) is 0 Å². The van der Waals surface area contributed by atoms with Gasteiger partial charge in [0.1, 0.15) is 0 Å². The summed E-state index contributed by atoms with van der Waals surface area (Å²) in [7, 11) is 0. The molecule has 12 aromatic rings. The van der Waals surface area contributed by atoms with Crippen LogP contribution in [0.25, 0.3) is 120 Å². The van der Waals surface area contributed by atoms with Gasteiger partial charge >= 0.3 is 0 Å². The van der Waals surface area contributed by atoms with Gasteiger partial charge in [-0.2, -0.15) is 0 Å². The van der Waals surface area contributed by atoms with Gasteiger partial charge in [-0.3, -0.25) is 0 Å². The molecule has 0 aliphatic rings. The fourth-order valence-electron chi connectivity index (χ4n) is 9.44. The Morgan fingerprint density at radius 1 is 0.155 bits per heavy atom. The lowest BCUT2D eigenvalue weighted by atomic mass is 9.88. The molecule has 0 N–H and O–H groups in total. The van der Waals surface area contributed by atoms with Crippen LogP contribution in [-0.4, -0.2) is 0 Å². The molecule has 12 aromatic carbocycles. The average molecular weight is 733 g/mol. The van der Waals surface area contributed by atoms with Crippen molar-refractivity contribution in [2.24, 2.45) is 0 Å². The van der Waals surface area contributed by atoms with Crippen molar-refractivity contribution in [3.05, 3.63) is 218 Å². The van der Waals surface area contributed by atoms with Gasteiger partial charge in [-0.1, -0.05) is 176 Å². The van der Waals surface area contributed by atoms with E-state index in [2.05, 4.69) is 218 Å². The third-order valence-electron chi connectivity index (χ3n) is 12.4. The molecule has 0 nitrogen and oxygen atoms in total. The van der Waals surface area contributed by atoms with Crippen LogP contribution in [0.3, 0.4) is 0 Å². The molecule has 0 unspecified atom stereocenters. The summed E-state index contributed by atoms with van der Waals surface area (Å²) in [6, 6.07) is 81.0. The van der Waals surface area contributed by atoms with Gasteiger partial charge in [0.2, 0.25) is 0 Å². The molecular weight excluding hydrogens is 697 g/mol. The molecule has 0 saturated carbocycles. The smallest absolute Gasteiger partial charge is 0.00928 e. The normalized spacial score (nSPS) is 11.8. The lowest BCUT2D eigenvalue weighted by Gasteiger charge is -2.16. The van der Waals surface area contributed by atoms with Crippen LogP contribution in [0.4, 0.5) is 0 Å². The Hall–Kier alpha value is -7.54. The Kier molecular flexibility index (Phi) is 7.33. The Balaban J connectivity index is 0.981. The second-order valence-corrected chi connectivity index (χ2v) is 15.7. The summed E-state index contributed by atoms with van der Waals surface area (Å²) >= 11 is 0. The molecule has 0 spiro atoms. The summed E-state index contributed by atoms with van der Waals surface area (Å²) in [5, 5.41) is 17.8. The molecule has 0 saturated heterocycles. The molecule has 58 heavy (non-hydrogen) atoms. The zero-order chi connectivity index (χ0) is 38.2. The first kappa shape index (κ1) is 32.7. The highest BCUT2D eigenvalue weighted by Crippen LogP contribution is 2.42. The molecule has 0 fully saturated rings. The minimum absolute atomic E-state index is 1.22. The molecule has 0 aliphatic heterocycles. The van der Waals surface area contributed by atoms with Crippen LogP contribution in [0.5, 0.6) is 0 Å². The first-order valence-electron chi connectivity index (χ1n) is 20.1. The molecular formula is C58H36. The van der Waals surface area contributed by atoms with Crippen LogP contribution >= 0.6 is 0 Å². The molecule has 12 rings (SSSR count). The summed E-state index contributed by atoms with van der Waals surface area (Å²) in [5.41, 5.74) is 9.88. The van der Waals surface area contributed by atoms with Gasteiger partial charge in [-0.25, -0.2) is 0 Å². The average Bonchev–Trinajstić information content (AvgIpc) is 3.30. The van der Waals surface area contributed by atoms with E-state index in [1.165, 1.54) is 120 Å². The standard InChI is InChI=1S/C58H36/c1-3-12-39-30-43(22-20-37(39)10-1)41-14-9-15-42(32-41)46-26-28-53-54-29-27-48(36-58(54)52-19-8-7-18-51(52)57(53)34-46)56-35-47-25-24-45(33-55(47)49-16-5-6-17-50(49)56)44-23-21-38-11-2-4-13-40(38)31-44/h1-36H. The molecule has 0 heteroatoms. The van der Waals surface area contributed by atoms with E-state index in [0.717, 1.165) is 0 Å². The predicted octanol–water partition coefficient (Wildman–Crippen LogP) is 16.4. The van der Waals surface area contributed by atoms with E-state index in [0.29, 0.717) is 0 Å². The van der Waals surface area contributed by atoms with E-state index in [1.807, 2.05) is 0 Å². The number of hydrogen-bond donors (Lipinski definition) is 0. The lowest BCUT2D eigenvalue weighted by molar-refractivity contribution is 1.62. The summed E-state index contributed by atoms with van der Waals surface area (Å²) in [4.78, 5) is 0. The van der Waals surface area contributed by atoms with Crippen molar-refractivity contribution in [1.82, 2.24) is 0 Å². The minimum atomic E-state index is 1.22. The van der Waals surface area contributed by atoms with E-state index in [4.69, 9.17) is 0 Å². The van der Waals surface area contributed by atoms with Gasteiger partial charge < -0.3 is 0 Å². The zero-order valence-electron chi connectivity index (χ0n) is 31.8. The fourth-order valence-corrected chi connectivity index (χ4v) is 9.44. The number of benzene rings is 12.